The number of aryl methyl sites for hydroxylation is 2. The number of carbonyl (C=O) groups excluding carboxylic acids is 1. The van der Waals surface area contributed by atoms with Crippen molar-refractivity contribution in [2.75, 3.05) is 11.5 Å². The summed E-state index contributed by atoms with van der Waals surface area (Å²) < 4.78 is 17.1. The van der Waals surface area contributed by atoms with Gasteiger partial charge in [-0.25, -0.2) is 14.2 Å². The molecule has 0 atom stereocenters. The molecule has 2 aliphatic rings. The second-order valence-electron chi connectivity index (χ2n) is 10.6. The first kappa shape index (κ1) is 26.7. The highest BCUT2D eigenvalue weighted by atomic mass is 32.2. The smallest absolute Gasteiger partial charge is 0.333 e. The Hall–Kier alpha value is -2.94. The fourth-order valence-corrected chi connectivity index (χ4v) is 6.87. The predicted octanol–water partition coefficient (Wildman–Crippen LogP) is 4.70. The summed E-state index contributed by atoms with van der Waals surface area (Å²) in [5.74, 6) is 1.34. The van der Waals surface area contributed by atoms with Gasteiger partial charge in [0, 0.05) is 24.5 Å². The van der Waals surface area contributed by atoms with E-state index in [1.165, 1.54) is 21.8 Å². The maximum atomic E-state index is 14.1. The van der Waals surface area contributed by atoms with Crippen molar-refractivity contribution in [3.05, 3.63) is 74.3 Å². The first-order valence-electron chi connectivity index (χ1n) is 13.7. The van der Waals surface area contributed by atoms with Crippen LogP contribution in [0.15, 0.2) is 46.1 Å². The maximum Gasteiger partial charge on any atom is 0.333 e. The molecule has 1 N–H and O–H groups in total. The van der Waals surface area contributed by atoms with Crippen LogP contribution in [-0.4, -0.2) is 37.6 Å². The van der Waals surface area contributed by atoms with Crippen LogP contribution >= 0.6 is 11.8 Å². The van der Waals surface area contributed by atoms with Crippen LogP contribution in [0.5, 0.6) is 0 Å². The summed E-state index contributed by atoms with van der Waals surface area (Å²) in [6.45, 7) is 2.06. The quantitative estimate of drug-likeness (QED) is 0.472. The number of pyridine rings is 1. The van der Waals surface area contributed by atoms with E-state index in [0.717, 1.165) is 43.4 Å². The molecule has 1 aliphatic carbocycles. The molecule has 0 spiro atoms. The van der Waals surface area contributed by atoms with Gasteiger partial charge in [-0.05, 0) is 81.4 Å². The van der Waals surface area contributed by atoms with Crippen molar-refractivity contribution in [1.29, 1.82) is 0 Å². The third-order valence-electron chi connectivity index (χ3n) is 7.90. The SMILES string of the molecule is Cc1ccc(CCCC(=O)N[C@H]2CC[C@@H](n3c(=O)c4cc(F)cnc4n(C4CCSCC4)c3=O)CC2)cc1. The third kappa shape index (κ3) is 5.87. The van der Waals surface area contributed by atoms with Crippen molar-refractivity contribution in [2.24, 2.45) is 0 Å². The van der Waals surface area contributed by atoms with Crippen LogP contribution in [0.4, 0.5) is 4.39 Å². The zero-order chi connectivity index (χ0) is 26.6. The number of nitrogens with one attached hydrogen (secondary N) is 1. The number of rotatable bonds is 7. The number of hydrogen-bond acceptors (Lipinski definition) is 5. The van der Waals surface area contributed by atoms with Gasteiger partial charge < -0.3 is 5.32 Å². The van der Waals surface area contributed by atoms with Crippen LogP contribution in [0.1, 0.15) is 74.6 Å². The van der Waals surface area contributed by atoms with Gasteiger partial charge in [0.2, 0.25) is 5.91 Å². The number of nitrogens with zero attached hydrogens (tertiary/aromatic N) is 3. The standard InChI is InChI=1S/C29H35FN4O3S/c1-19-5-7-20(8-6-19)3-2-4-26(35)32-22-9-11-23(12-10-22)34-28(36)25-17-21(30)18-31-27(25)33(29(34)37)24-13-15-38-16-14-24/h5-8,17-18,22-24H,2-4,9-16H2,1H3,(H,32,35)/t22-,23+. The topological polar surface area (TPSA) is 86.0 Å². The average Bonchev–Trinajstić information content (AvgIpc) is 2.92. The lowest BCUT2D eigenvalue weighted by atomic mass is 9.90. The Kier molecular flexibility index (Phi) is 8.31. The van der Waals surface area contributed by atoms with Gasteiger partial charge in [0.05, 0.1) is 11.6 Å². The largest absolute Gasteiger partial charge is 0.353 e. The molecular weight excluding hydrogens is 503 g/mol. The summed E-state index contributed by atoms with van der Waals surface area (Å²) in [5.41, 5.74) is 1.92. The van der Waals surface area contributed by atoms with Crippen molar-refractivity contribution in [2.45, 2.75) is 82.8 Å². The van der Waals surface area contributed by atoms with Crippen LogP contribution in [0.3, 0.4) is 0 Å². The predicted molar refractivity (Wildman–Crippen MR) is 149 cm³/mol. The Morgan fingerprint density at radius 2 is 1.71 bits per heavy atom. The number of amides is 1. The summed E-state index contributed by atoms with van der Waals surface area (Å²) in [6, 6.07) is 9.30. The second kappa shape index (κ2) is 11.8. The number of thioether (sulfide) groups is 1. The van der Waals surface area contributed by atoms with Crippen molar-refractivity contribution in [3.63, 3.8) is 0 Å². The average molecular weight is 539 g/mol. The Labute approximate surface area is 225 Å². The molecule has 0 bridgehead atoms. The molecule has 9 heteroatoms. The van der Waals surface area contributed by atoms with Gasteiger partial charge in [0.1, 0.15) is 11.5 Å². The molecule has 0 radical (unpaired) electrons. The maximum absolute atomic E-state index is 14.1. The minimum absolute atomic E-state index is 0.0333. The second-order valence-corrected chi connectivity index (χ2v) is 11.8. The fourth-order valence-electron chi connectivity index (χ4n) is 5.79. The summed E-state index contributed by atoms with van der Waals surface area (Å²) >= 11 is 1.85. The molecule has 0 unspecified atom stereocenters. The van der Waals surface area contributed by atoms with Crippen molar-refractivity contribution in [3.8, 4) is 0 Å². The van der Waals surface area contributed by atoms with Gasteiger partial charge in [0.25, 0.3) is 5.56 Å². The van der Waals surface area contributed by atoms with Crippen LogP contribution < -0.4 is 16.6 Å². The number of carbonyl (C=O) groups is 1. The molecule has 1 saturated heterocycles. The minimum atomic E-state index is -0.584. The van der Waals surface area contributed by atoms with Gasteiger partial charge in [0.15, 0.2) is 0 Å². The lowest BCUT2D eigenvalue weighted by molar-refractivity contribution is -0.122. The molecule has 7 nitrogen and oxygen atoms in total. The zero-order valence-corrected chi connectivity index (χ0v) is 22.6. The van der Waals surface area contributed by atoms with E-state index in [4.69, 9.17) is 0 Å². The molecule has 1 saturated carbocycles. The number of halogens is 1. The molecule has 1 amide bonds. The van der Waals surface area contributed by atoms with Crippen molar-refractivity contribution < 1.29 is 9.18 Å². The summed E-state index contributed by atoms with van der Waals surface area (Å²) in [6.07, 6.45) is 7.46. The van der Waals surface area contributed by atoms with Crippen LogP contribution in [0, 0.1) is 12.7 Å². The first-order chi connectivity index (χ1) is 18.4. The third-order valence-corrected chi connectivity index (χ3v) is 8.94. The number of fused-ring (bicyclic) bond motifs is 1. The molecule has 202 valence electrons. The highest BCUT2D eigenvalue weighted by Gasteiger charge is 2.29. The highest BCUT2D eigenvalue weighted by molar-refractivity contribution is 7.99. The molecule has 1 aliphatic heterocycles. The highest BCUT2D eigenvalue weighted by Crippen LogP contribution is 2.30. The van der Waals surface area contributed by atoms with Crippen molar-refractivity contribution in [1.82, 2.24) is 19.4 Å². The number of benzene rings is 1. The van der Waals surface area contributed by atoms with E-state index in [0.29, 0.717) is 32.1 Å². The van der Waals surface area contributed by atoms with Crippen LogP contribution in [0.25, 0.3) is 11.0 Å². The first-order valence-corrected chi connectivity index (χ1v) is 14.8. The Morgan fingerprint density at radius 1 is 1.03 bits per heavy atom. The van der Waals surface area contributed by atoms with E-state index >= 15 is 0 Å². The zero-order valence-electron chi connectivity index (χ0n) is 21.8. The number of hydrogen-bond donors (Lipinski definition) is 1. The van der Waals surface area contributed by atoms with Crippen molar-refractivity contribution >= 4 is 28.7 Å². The van der Waals surface area contributed by atoms with Gasteiger partial charge in [-0.2, -0.15) is 11.8 Å². The molecule has 5 rings (SSSR count). The molecule has 3 heterocycles. The Morgan fingerprint density at radius 3 is 2.42 bits per heavy atom. The molecule has 3 aromatic rings. The Bertz CT molecular complexity index is 1400. The molecule has 2 fully saturated rings. The monoisotopic (exact) mass is 538 g/mol. The number of aromatic nitrogens is 3. The lowest BCUT2D eigenvalue weighted by Gasteiger charge is -2.31. The van der Waals surface area contributed by atoms with Gasteiger partial charge in [-0.3, -0.25) is 18.7 Å². The van der Waals surface area contributed by atoms with Gasteiger partial charge in [-0.1, -0.05) is 29.8 Å². The summed E-state index contributed by atoms with van der Waals surface area (Å²) in [5, 5.41) is 3.30. The summed E-state index contributed by atoms with van der Waals surface area (Å²) in [4.78, 5) is 43.9. The fraction of sp³-hybridized carbons (Fsp3) is 0.517. The van der Waals surface area contributed by atoms with Crippen LogP contribution in [-0.2, 0) is 11.2 Å². The van der Waals surface area contributed by atoms with Crippen LogP contribution in [0.2, 0.25) is 0 Å². The van der Waals surface area contributed by atoms with E-state index in [1.807, 2.05) is 11.8 Å². The minimum Gasteiger partial charge on any atom is -0.353 e. The molecule has 38 heavy (non-hydrogen) atoms. The summed E-state index contributed by atoms with van der Waals surface area (Å²) in [7, 11) is 0. The van der Waals surface area contributed by atoms with E-state index in [-0.39, 0.29) is 40.8 Å². The molecular formula is C29H35FN4O3S. The van der Waals surface area contributed by atoms with E-state index in [2.05, 4.69) is 41.5 Å². The van der Waals surface area contributed by atoms with E-state index in [9.17, 15) is 18.8 Å². The lowest BCUT2D eigenvalue weighted by Crippen LogP contribution is -2.46. The Balaban J connectivity index is 1.26. The van der Waals surface area contributed by atoms with Gasteiger partial charge in [-0.15, -0.1) is 0 Å². The molecule has 1 aromatic carbocycles. The van der Waals surface area contributed by atoms with Gasteiger partial charge >= 0.3 is 5.69 Å². The normalized spacial score (nSPS) is 20.5. The van der Waals surface area contributed by atoms with E-state index in [1.54, 1.807) is 4.57 Å². The molecule has 2 aromatic heterocycles. The van der Waals surface area contributed by atoms with E-state index < -0.39 is 11.4 Å².